The fraction of sp³-hybridized carbons (Fsp3) is 0.667. The summed E-state index contributed by atoms with van der Waals surface area (Å²) < 4.78 is 31.7. The van der Waals surface area contributed by atoms with Gasteiger partial charge in [0.15, 0.2) is 19.7 Å². The second-order valence-electron chi connectivity index (χ2n) is 7.02. The fourth-order valence-electron chi connectivity index (χ4n) is 4.03. The standard InChI is InChI=1S/C18H24ClF2OSi/c19-23-9-7-15(8-10-23)14-3-1-13(2-4-14)12-22-16-5-6-17(20)18(21)11-16/h5-6,11,13-15H,1-4,7-10,12H2. The third-order valence-corrected chi connectivity index (χ3v) is 8.30. The Morgan fingerprint density at radius 1 is 0.957 bits per heavy atom. The van der Waals surface area contributed by atoms with Crippen LogP contribution in [0.4, 0.5) is 8.78 Å². The number of halogens is 3. The second-order valence-corrected chi connectivity index (χ2v) is 10.7. The summed E-state index contributed by atoms with van der Waals surface area (Å²) in [6, 6.07) is 6.30. The Morgan fingerprint density at radius 2 is 1.61 bits per heavy atom. The van der Waals surface area contributed by atoms with E-state index < -0.39 is 19.7 Å². The van der Waals surface area contributed by atoms with Crippen molar-refractivity contribution in [1.29, 1.82) is 0 Å². The van der Waals surface area contributed by atoms with Gasteiger partial charge in [0.25, 0.3) is 0 Å². The van der Waals surface area contributed by atoms with Gasteiger partial charge in [0.05, 0.1) is 6.61 Å². The minimum Gasteiger partial charge on any atom is -0.493 e. The summed E-state index contributed by atoms with van der Waals surface area (Å²) in [7, 11) is -0.524. The van der Waals surface area contributed by atoms with E-state index in [0.29, 0.717) is 18.3 Å². The van der Waals surface area contributed by atoms with E-state index in [4.69, 9.17) is 15.8 Å². The Morgan fingerprint density at radius 3 is 2.26 bits per heavy atom. The molecule has 1 aromatic rings. The molecule has 1 nitrogen and oxygen atoms in total. The Balaban J connectivity index is 1.41. The van der Waals surface area contributed by atoms with Crippen molar-refractivity contribution < 1.29 is 13.5 Å². The van der Waals surface area contributed by atoms with E-state index in [2.05, 4.69) is 0 Å². The molecule has 0 bridgehead atoms. The van der Waals surface area contributed by atoms with E-state index in [9.17, 15) is 8.78 Å². The molecule has 1 heterocycles. The zero-order valence-electron chi connectivity index (χ0n) is 13.4. The van der Waals surface area contributed by atoms with Crippen LogP contribution >= 0.6 is 11.1 Å². The van der Waals surface area contributed by atoms with Crippen LogP contribution in [0.2, 0.25) is 12.1 Å². The van der Waals surface area contributed by atoms with Gasteiger partial charge in [-0.3, -0.25) is 0 Å². The highest BCUT2D eigenvalue weighted by Gasteiger charge is 2.31. The third-order valence-electron chi connectivity index (χ3n) is 5.51. The highest BCUT2D eigenvalue weighted by molar-refractivity contribution is 7.07. The number of hydrogen-bond donors (Lipinski definition) is 0. The van der Waals surface area contributed by atoms with E-state index in [1.165, 1.54) is 56.7 Å². The smallest absolute Gasteiger partial charge is 0.165 e. The van der Waals surface area contributed by atoms with Crippen LogP contribution < -0.4 is 4.74 Å². The Labute approximate surface area is 143 Å². The van der Waals surface area contributed by atoms with Gasteiger partial charge in [-0.05, 0) is 67.7 Å². The first-order valence-electron chi connectivity index (χ1n) is 8.70. The lowest BCUT2D eigenvalue weighted by atomic mass is 9.74. The lowest BCUT2D eigenvalue weighted by Gasteiger charge is -2.36. The molecule has 0 spiro atoms. The quantitative estimate of drug-likeness (QED) is 0.489. The monoisotopic (exact) mass is 357 g/mol. The maximum Gasteiger partial charge on any atom is 0.165 e. The van der Waals surface area contributed by atoms with Gasteiger partial charge in [-0.1, -0.05) is 12.8 Å². The van der Waals surface area contributed by atoms with Gasteiger partial charge in [-0.15, -0.1) is 0 Å². The molecule has 2 fully saturated rings. The van der Waals surface area contributed by atoms with Gasteiger partial charge in [-0.25, -0.2) is 8.78 Å². The molecule has 0 aromatic heterocycles. The third kappa shape index (κ3) is 4.69. The predicted molar refractivity (Wildman–Crippen MR) is 91.2 cm³/mol. The molecule has 23 heavy (non-hydrogen) atoms. The summed E-state index contributed by atoms with van der Waals surface area (Å²) in [6.07, 6.45) is 7.59. The van der Waals surface area contributed by atoms with Crippen molar-refractivity contribution in [2.45, 2.75) is 50.6 Å². The van der Waals surface area contributed by atoms with Crippen molar-refractivity contribution in [3.8, 4) is 5.75 Å². The Bertz CT molecular complexity index is 512. The van der Waals surface area contributed by atoms with E-state index in [1.807, 2.05) is 0 Å². The summed E-state index contributed by atoms with van der Waals surface area (Å²) in [6.45, 7) is 0.608. The van der Waals surface area contributed by atoms with E-state index in [0.717, 1.165) is 24.0 Å². The molecule has 1 aromatic carbocycles. The van der Waals surface area contributed by atoms with Gasteiger partial charge in [-0.2, -0.15) is 11.1 Å². The van der Waals surface area contributed by atoms with Crippen molar-refractivity contribution in [3.63, 3.8) is 0 Å². The second kappa shape index (κ2) is 7.97. The maximum absolute atomic E-state index is 13.2. The first-order chi connectivity index (χ1) is 11.1. The van der Waals surface area contributed by atoms with Crippen LogP contribution in [0.3, 0.4) is 0 Å². The fourth-order valence-corrected chi connectivity index (χ4v) is 6.30. The minimum atomic E-state index is -0.844. The molecule has 1 radical (unpaired) electrons. The number of hydrogen-bond acceptors (Lipinski definition) is 1. The first-order valence-corrected chi connectivity index (χ1v) is 11.6. The van der Waals surface area contributed by atoms with Gasteiger partial charge in [0, 0.05) is 6.07 Å². The molecule has 1 aliphatic carbocycles. The van der Waals surface area contributed by atoms with Gasteiger partial charge in [0.1, 0.15) is 5.75 Å². The van der Waals surface area contributed by atoms with E-state index >= 15 is 0 Å². The molecule has 1 saturated carbocycles. The topological polar surface area (TPSA) is 9.23 Å². The van der Waals surface area contributed by atoms with Crippen LogP contribution in [-0.2, 0) is 0 Å². The van der Waals surface area contributed by atoms with Gasteiger partial charge < -0.3 is 4.74 Å². The molecule has 1 saturated heterocycles. The first kappa shape index (κ1) is 17.2. The van der Waals surface area contributed by atoms with Crippen molar-refractivity contribution in [2.24, 2.45) is 17.8 Å². The summed E-state index contributed by atoms with van der Waals surface area (Å²) in [5, 5.41) is 0. The van der Waals surface area contributed by atoms with E-state index in [-0.39, 0.29) is 0 Å². The average Bonchev–Trinajstić information content (AvgIpc) is 2.57. The zero-order chi connectivity index (χ0) is 16.2. The molecule has 0 unspecified atom stereocenters. The predicted octanol–water partition coefficient (Wildman–Crippen LogP) is 5.79. The largest absolute Gasteiger partial charge is 0.493 e. The highest BCUT2D eigenvalue weighted by atomic mass is 35.6. The highest BCUT2D eigenvalue weighted by Crippen LogP contribution is 2.40. The Kier molecular flexibility index (Phi) is 5.97. The van der Waals surface area contributed by atoms with Crippen molar-refractivity contribution in [2.75, 3.05) is 6.61 Å². The number of benzene rings is 1. The minimum absolute atomic E-state index is 0.426. The van der Waals surface area contributed by atoms with Crippen molar-refractivity contribution >= 4 is 19.2 Å². The van der Waals surface area contributed by atoms with Crippen molar-refractivity contribution in [1.82, 2.24) is 0 Å². The molecule has 0 amide bonds. The van der Waals surface area contributed by atoms with Crippen LogP contribution in [-0.4, -0.2) is 14.7 Å². The molecule has 0 N–H and O–H groups in total. The zero-order valence-corrected chi connectivity index (χ0v) is 15.1. The van der Waals surface area contributed by atoms with Crippen LogP contribution in [0.5, 0.6) is 5.75 Å². The number of rotatable bonds is 4. The molecule has 127 valence electrons. The average molecular weight is 358 g/mol. The van der Waals surface area contributed by atoms with Crippen molar-refractivity contribution in [3.05, 3.63) is 29.8 Å². The molecule has 1 aliphatic heterocycles. The normalized spacial score (nSPS) is 27.1. The summed E-state index contributed by atoms with van der Waals surface area (Å²) in [5.41, 5.74) is 0. The summed E-state index contributed by atoms with van der Waals surface area (Å²) in [4.78, 5) is 0. The van der Waals surface area contributed by atoms with Gasteiger partial charge >= 0.3 is 0 Å². The molecule has 2 aliphatic rings. The SMILES string of the molecule is Fc1ccc(OCC2CCC(C3CC[Si](Cl)CC3)CC2)cc1F. The number of ether oxygens (including phenoxy) is 1. The van der Waals surface area contributed by atoms with Crippen LogP contribution in [0.25, 0.3) is 0 Å². The molecular weight excluding hydrogens is 334 g/mol. The summed E-state index contributed by atoms with van der Waals surface area (Å²) in [5.74, 6) is 1.04. The van der Waals surface area contributed by atoms with Crippen LogP contribution in [0.1, 0.15) is 38.5 Å². The van der Waals surface area contributed by atoms with Crippen LogP contribution in [0, 0.1) is 29.4 Å². The summed E-state index contributed by atoms with van der Waals surface area (Å²) >= 11 is 6.30. The molecular formula is C18H24ClF2OSi. The van der Waals surface area contributed by atoms with Gasteiger partial charge in [0.2, 0.25) is 0 Å². The lowest BCUT2D eigenvalue weighted by Crippen LogP contribution is -2.28. The Hall–Kier alpha value is -0.613. The van der Waals surface area contributed by atoms with E-state index in [1.54, 1.807) is 0 Å². The lowest BCUT2D eigenvalue weighted by molar-refractivity contribution is 0.148. The molecule has 5 heteroatoms. The molecule has 3 rings (SSSR count). The molecule has 0 atom stereocenters. The maximum atomic E-state index is 13.2. The van der Waals surface area contributed by atoms with Crippen LogP contribution in [0.15, 0.2) is 18.2 Å².